The third kappa shape index (κ3) is 5.74. The van der Waals surface area contributed by atoms with Crippen LogP contribution in [0.4, 0.5) is 17.1 Å². The van der Waals surface area contributed by atoms with Crippen molar-refractivity contribution in [1.29, 1.82) is 0 Å². The van der Waals surface area contributed by atoms with Crippen molar-refractivity contribution in [2.75, 3.05) is 4.90 Å². The molecule has 0 radical (unpaired) electrons. The smallest absolute Gasteiger partial charge is 0.136 e. The fraction of sp³-hybridized carbons (Fsp3) is 0. The first-order chi connectivity index (χ1) is 28.8. The zero-order chi connectivity index (χ0) is 38.4. The summed E-state index contributed by atoms with van der Waals surface area (Å²) in [6.07, 6.45) is 0. The third-order valence-electron chi connectivity index (χ3n) is 11.5. The molecule has 2 heteroatoms. The van der Waals surface area contributed by atoms with Gasteiger partial charge in [0.15, 0.2) is 0 Å². The SMILES string of the molecule is c1ccc(-c2ccc(N(c3ccc(-c4cccc5oc6ccccc6c45)cc3)c3cccc(-c4ccccc4)c3-c3cc4ccccc4c4ccccc34)cc2)cc1. The Kier molecular flexibility index (Phi) is 8.19. The number of furan rings is 1. The maximum absolute atomic E-state index is 6.29. The van der Waals surface area contributed by atoms with E-state index in [0.717, 1.165) is 50.1 Å². The van der Waals surface area contributed by atoms with E-state index < -0.39 is 0 Å². The average Bonchev–Trinajstić information content (AvgIpc) is 3.69. The second-order valence-corrected chi connectivity index (χ2v) is 14.8. The van der Waals surface area contributed by atoms with E-state index in [-0.39, 0.29) is 0 Å². The van der Waals surface area contributed by atoms with Crippen LogP contribution in [0.5, 0.6) is 0 Å². The molecule has 272 valence electrons. The number of hydrogen-bond acceptors (Lipinski definition) is 2. The molecule has 1 heterocycles. The van der Waals surface area contributed by atoms with Crippen molar-refractivity contribution in [2.24, 2.45) is 0 Å². The van der Waals surface area contributed by atoms with Gasteiger partial charge in [-0.15, -0.1) is 0 Å². The molecule has 0 N–H and O–H groups in total. The molecule has 0 amide bonds. The minimum Gasteiger partial charge on any atom is -0.456 e. The quantitative estimate of drug-likeness (QED) is 0.151. The van der Waals surface area contributed by atoms with Crippen molar-refractivity contribution in [1.82, 2.24) is 0 Å². The van der Waals surface area contributed by atoms with E-state index in [1.807, 2.05) is 12.1 Å². The molecule has 0 saturated heterocycles. The molecule has 2 nitrogen and oxygen atoms in total. The molecule has 58 heavy (non-hydrogen) atoms. The van der Waals surface area contributed by atoms with Crippen LogP contribution in [-0.2, 0) is 0 Å². The van der Waals surface area contributed by atoms with Crippen LogP contribution < -0.4 is 4.90 Å². The molecule has 0 bridgehead atoms. The highest BCUT2D eigenvalue weighted by atomic mass is 16.3. The van der Waals surface area contributed by atoms with Crippen molar-refractivity contribution in [2.45, 2.75) is 0 Å². The predicted octanol–water partition coefficient (Wildman–Crippen LogP) is 16.0. The van der Waals surface area contributed by atoms with Gasteiger partial charge in [0.1, 0.15) is 11.2 Å². The molecule has 0 fully saturated rings. The molecule has 11 rings (SSSR count). The molecule has 1 aromatic heterocycles. The molecule has 11 aromatic rings. The molecule has 0 aliphatic rings. The summed E-state index contributed by atoms with van der Waals surface area (Å²) in [4.78, 5) is 2.43. The van der Waals surface area contributed by atoms with Crippen molar-refractivity contribution >= 4 is 60.5 Å². The summed E-state index contributed by atoms with van der Waals surface area (Å²) >= 11 is 0. The van der Waals surface area contributed by atoms with Crippen LogP contribution in [0.2, 0.25) is 0 Å². The molecule has 0 aliphatic carbocycles. The van der Waals surface area contributed by atoms with E-state index >= 15 is 0 Å². The highest BCUT2D eigenvalue weighted by Crippen LogP contribution is 2.49. The standard InChI is InChI=1S/C56H37NO/c1-3-15-38(16-4-1)39-29-33-43(34-30-39)57(44-35-31-41(32-36-44)47-25-14-28-54-56(47)50-23-11-12-27-53(50)58-54)52-26-13-24-46(40-17-5-2-6-18-40)55(52)51-37-42-19-7-8-20-45(42)48-21-9-10-22-49(48)51/h1-37H. The maximum Gasteiger partial charge on any atom is 0.136 e. The summed E-state index contributed by atoms with van der Waals surface area (Å²) in [6.45, 7) is 0. The van der Waals surface area contributed by atoms with Crippen molar-refractivity contribution in [3.05, 3.63) is 224 Å². The summed E-state index contributed by atoms with van der Waals surface area (Å²) in [7, 11) is 0. The Bertz CT molecular complexity index is 3250. The van der Waals surface area contributed by atoms with Gasteiger partial charge in [-0.1, -0.05) is 176 Å². The van der Waals surface area contributed by atoms with E-state index in [2.05, 4.69) is 217 Å². The first-order valence-electron chi connectivity index (χ1n) is 19.8. The molecule has 0 spiro atoms. The fourth-order valence-corrected chi connectivity index (χ4v) is 8.79. The van der Waals surface area contributed by atoms with E-state index in [1.165, 1.54) is 54.9 Å². The number of benzene rings is 10. The molecule has 0 unspecified atom stereocenters. The lowest BCUT2D eigenvalue weighted by Gasteiger charge is -2.30. The summed E-state index contributed by atoms with van der Waals surface area (Å²) in [5, 5.41) is 7.20. The van der Waals surface area contributed by atoms with Crippen LogP contribution in [0, 0.1) is 0 Å². The van der Waals surface area contributed by atoms with Crippen LogP contribution >= 0.6 is 0 Å². The number of anilines is 3. The van der Waals surface area contributed by atoms with Gasteiger partial charge in [-0.2, -0.15) is 0 Å². The molecular formula is C56H37NO. The monoisotopic (exact) mass is 739 g/mol. The first kappa shape index (κ1) is 33.6. The van der Waals surface area contributed by atoms with E-state index in [4.69, 9.17) is 4.42 Å². The third-order valence-corrected chi connectivity index (χ3v) is 11.5. The Hall–Kier alpha value is -7.68. The lowest BCUT2D eigenvalue weighted by atomic mass is 9.87. The van der Waals surface area contributed by atoms with Crippen LogP contribution in [0.1, 0.15) is 0 Å². The second-order valence-electron chi connectivity index (χ2n) is 14.8. The van der Waals surface area contributed by atoms with Crippen LogP contribution in [-0.4, -0.2) is 0 Å². The number of para-hydroxylation sites is 1. The van der Waals surface area contributed by atoms with E-state index in [9.17, 15) is 0 Å². The average molecular weight is 740 g/mol. The zero-order valence-electron chi connectivity index (χ0n) is 31.7. The minimum absolute atomic E-state index is 0.896. The van der Waals surface area contributed by atoms with Gasteiger partial charge in [0, 0.05) is 27.7 Å². The van der Waals surface area contributed by atoms with Crippen molar-refractivity contribution < 1.29 is 4.42 Å². The topological polar surface area (TPSA) is 16.4 Å². The van der Waals surface area contributed by atoms with Crippen molar-refractivity contribution in [3.8, 4) is 44.5 Å². The van der Waals surface area contributed by atoms with Gasteiger partial charge < -0.3 is 9.32 Å². The lowest BCUT2D eigenvalue weighted by molar-refractivity contribution is 0.669. The van der Waals surface area contributed by atoms with Gasteiger partial charge >= 0.3 is 0 Å². The van der Waals surface area contributed by atoms with E-state index in [0.29, 0.717) is 0 Å². The normalized spacial score (nSPS) is 11.4. The number of nitrogens with zero attached hydrogens (tertiary/aromatic N) is 1. The number of rotatable bonds is 7. The molecule has 0 aliphatic heterocycles. The highest BCUT2D eigenvalue weighted by Gasteiger charge is 2.23. The molecule has 0 atom stereocenters. The van der Waals surface area contributed by atoms with Gasteiger partial charge in [0.2, 0.25) is 0 Å². The Morgan fingerprint density at radius 1 is 0.310 bits per heavy atom. The summed E-state index contributed by atoms with van der Waals surface area (Å²) in [5.74, 6) is 0. The van der Waals surface area contributed by atoms with Gasteiger partial charge in [-0.25, -0.2) is 0 Å². The summed E-state index contributed by atoms with van der Waals surface area (Å²) in [6, 6.07) is 80.8. The lowest BCUT2D eigenvalue weighted by Crippen LogP contribution is -2.12. The van der Waals surface area contributed by atoms with Gasteiger partial charge in [0.05, 0.1) is 5.69 Å². The fourth-order valence-electron chi connectivity index (χ4n) is 8.79. The zero-order valence-corrected chi connectivity index (χ0v) is 31.7. The molecule has 10 aromatic carbocycles. The Labute approximate surface area is 337 Å². The Morgan fingerprint density at radius 3 is 1.57 bits per heavy atom. The number of hydrogen-bond donors (Lipinski definition) is 0. The minimum atomic E-state index is 0.896. The first-order valence-corrected chi connectivity index (χ1v) is 19.8. The van der Waals surface area contributed by atoms with Crippen LogP contribution in [0.15, 0.2) is 229 Å². The second kappa shape index (κ2) is 14.1. The van der Waals surface area contributed by atoms with Gasteiger partial charge in [-0.05, 0) is 109 Å². The van der Waals surface area contributed by atoms with Gasteiger partial charge in [0.25, 0.3) is 0 Å². The largest absolute Gasteiger partial charge is 0.456 e. The Morgan fingerprint density at radius 2 is 0.828 bits per heavy atom. The predicted molar refractivity (Wildman–Crippen MR) is 245 cm³/mol. The summed E-state index contributed by atoms with van der Waals surface area (Å²) in [5.41, 5.74) is 14.4. The summed E-state index contributed by atoms with van der Waals surface area (Å²) < 4.78 is 6.29. The Balaban J connectivity index is 1.16. The highest BCUT2D eigenvalue weighted by molar-refractivity contribution is 6.17. The van der Waals surface area contributed by atoms with E-state index in [1.54, 1.807) is 0 Å². The van der Waals surface area contributed by atoms with Crippen LogP contribution in [0.25, 0.3) is 88.0 Å². The molecular weight excluding hydrogens is 703 g/mol. The molecule has 0 saturated carbocycles. The maximum atomic E-state index is 6.29. The van der Waals surface area contributed by atoms with Crippen molar-refractivity contribution in [3.63, 3.8) is 0 Å². The van der Waals surface area contributed by atoms with Crippen LogP contribution in [0.3, 0.4) is 0 Å². The number of fused-ring (bicyclic) bond motifs is 6. The van der Waals surface area contributed by atoms with Gasteiger partial charge in [-0.3, -0.25) is 0 Å².